The van der Waals surface area contributed by atoms with E-state index < -0.39 is 0 Å². The van der Waals surface area contributed by atoms with Crippen LogP contribution < -0.4 is 9.80 Å². The van der Waals surface area contributed by atoms with E-state index in [9.17, 15) is 4.79 Å². The number of halogens is 1. The van der Waals surface area contributed by atoms with Crippen molar-refractivity contribution in [2.24, 2.45) is 0 Å². The second kappa shape index (κ2) is 3.59. The van der Waals surface area contributed by atoms with E-state index in [1.54, 1.807) is 11.9 Å². The van der Waals surface area contributed by atoms with E-state index in [4.69, 9.17) is 11.6 Å². The van der Waals surface area contributed by atoms with Crippen LogP contribution in [0.3, 0.4) is 0 Å². The molecule has 2 heterocycles. The van der Waals surface area contributed by atoms with Crippen LogP contribution in [0, 0.1) is 6.92 Å². The average molecular weight is 241 g/mol. The lowest BCUT2D eigenvalue weighted by atomic mass is 10.1. The van der Waals surface area contributed by atoms with Gasteiger partial charge in [-0.05, 0) is 25.4 Å². The van der Waals surface area contributed by atoms with Gasteiger partial charge in [0.15, 0.2) is 5.82 Å². The van der Waals surface area contributed by atoms with Crippen LogP contribution in [-0.2, 0) is 4.79 Å². The van der Waals surface area contributed by atoms with Crippen molar-refractivity contribution in [2.45, 2.75) is 19.9 Å². The van der Waals surface area contributed by atoms with Crippen molar-refractivity contribution in [1.82, 2.24) is 9.97 Å². The maximum absolute atomic E-state index is 11.9. The zero-order chi connectivity index (χ0) is 12.0. The fourth-order valence-electron chi connectivity index (χ4n) is 1.90. The number of aryl methyl sites for hydroxylation is 1. The Balaban J connectivity index is 2.68. The molecular formula is C10H13ClN4O. The molecule has 5 nitrogen and oxygen atoms in total. The van der Waals surface area contributed by atoms with E-state index in [-0.39, 0.29) is 17.2 Å². The average Bonchev–Trinajstić information content (AvgIpc) is 2.22. The van der Waals surface area contributed by atoms with E-state index in [0.29, 0.717) is 11.5 Å². The Morgan fingerprint density at radius 2 is 1.94 bits per heavy atom. The second-order valence-corrected chi connectivity index (χ2v) is 4.27. The number of likely N-dealkylation sites (N-methyl/N-ethyl adjacent to an activating group) is 2. The van der Waals surface area contributed by atoms with E-state index in [1.165, 1.54) is 0 Å². The number of anilines is 2. The van der Waals surface area contributed by atoms with Crippen LogP contribution in [0.1, 0.15) is 12.6 Å². The van der Waals surface area contributed by atoms with Gasteiger partial charge in [-0.25, -0.2) is 4.98 Å². The molecule has 6 heteroatoms. The van der Waals surface area contributed by atoms with E-state index in [2.05, 4.69) is 9.97 Å². The number of aromatic nitrogens is 2. The second-order valence-electron chi connectivity index (χ2n) is 3.93. The molecule has 0 bridgehead atoms. The van der Waals surface area contributed by atoms with E-state index in [0.717, 1.165) is 5.69 Å². The Kier molecular flexibility index (Phi) is 2.50. The molecule has 1 aromatic rings. The molecule has 1 amide bonds. The van der Waals surface area contributed by atoms with Gasteiger partial charge in [-0.2, -0.15) is 4.98 Å². The van der Waals surface area contributed by atoms with Crippen LogP contribution in [0.15, 0.2) is 0 Å². The largest absolute Gasteiger partial charge is 0.346 e. The van der Waals surface area contributed by atoms with E-state index >= 15 is 0 Å². The molecule has 1 atom stereocenters. The molecule has 86 valence electrons. The number of fused-ring (bicyclic) bond motifs is 1. The summed E-state index contributed by atoms with van der Waals surface area (Å²) in [7, 11) is 3.56. The molecule has 0 spiro atoms. The molecule has 0 aromatic carbocycles. The van der Waals surface area contributed by atoms with Gasteiger partial charge in [-0.15, -0.1) is 0 Å². The zero-order valence-electron chi connectivity index (χ0n) is 9.65. The first-order chi connectivity index (χ1) is 7.43. The normalized spacial score (nSPS) is 20.1. The minimum atomic E-state index is -0.233. The standard InChI is InChI=1S/C10H13ClN4O/c1-5-7-8(13-10(11)12-5)14(3)6(2)9(16)15(7)4/h6H,1-4H3. The van der Waals surface area contributed by atoms with Crippen LogP contribution in [0.25, 0.3) is 0 Å². The van der Waals surface area contributed by atoms with Gasteiger partial charge in [0.25, 0.3) is 0 Å². The van der Waals surface area contributed by atoms with Gasteiger partial charge < -0.3 is 9.80 Å². The van der Waals surface area contributed by atoms with E-state index in [1.807, 2.05) is 25.8 Å². The molecule has 1 aliphatic rings. The highest BCUT2D eigenvalue weighted by Gasteiger charge is 2.34. The number of nitrogens with zero attached hydrogens (tertiary/aromatic N) is 4. The first kappa shape index (κ1) is 11.1. The molecule has 0 N–H and O–H groups in total. The Labute approximate surface area is 99.0 Å². The topological polar surface area (TPSA) is 49.3 Å². The maximum Gasteiger partial charge on any atom is 0.249 e. The Hall–Kier alpha value is -1.36. The van der Waals surface area contributed by atoms with Gasteiger partial charge in [0, 0.05) is 14.1 Å². The fourth-order valence-corrected chi connectivity index (χ4v) is 2.10. The summed E-state index contributed by atoms with van der Waals surface area (Å²) in [6.07, 6.45) is 0. The highest BCUT2D eigenvalue weighted by Crippen LogP contribution is 2.35. The summed E-state index contributed by atoms with van der Waals surface area (Å²) in [5, 5.41) is 0.207. The molecule has 1 aliphatic heterocycles. The predicted molar refractivity (Wildman–Crippen MR) is 63.1 cm³/mol. The number of hydrogen-bond donors (Lipinski definition) is 0. The van der Waals surface area contributed by atoms with Gasteiger partial charge in [0.2, 0.25) is 11.2 Å². The van der Waals surface area contributed by atoms with Crippen molar-refractivity contribution >= 4 is 29.0 Å². The van der Waals surface area contributed by atoms with Crippen LogP contribution in [0.4, 0.5) is 11.5 Å². The molecular weight excluding hydrogens is 228 g/mol. The monoisotopic (exact) mass is 240 g/mol. The lowest BCUT2D eigenvalue weighted by Crippen LogP contribution is -2.49. The van der Waals surface area contributed by atoms with Crippen molar-refractivity contribution in [3.63, 3.8) is 0 Å². The molecule has 0 aliphatic carbocycles. The van der Waals surface area contributed by atoms with Crippen molar-refractivity contribution in [1.29, 1.82) is 0 Å². The van der Waals surface area contributed by atoms with Crippen LogP contribution >= 0.6 is 11.6 Å². The number of carbonyl (C=O) groups is 1. The van der Waals surface area contributed by atoms with Gasteiger partial charge in [0.05, 0.1) is 5.69 Å². The van der Waals surface area contributed by atoms with Crippen LogP contribution in [-0.4, -0.2) is 36.0 Å². The molecule has 0 saturated carbocycles. The molecule has 0 fully saturated rings. The van der Waals surface area contributed by atoms with Crippen molar-refractivity contribution < 1.29 is 4.79 Å². The highest BCUT2D eigenvalue weighted by molar-refractivity contribution is 6.28. The number of carbonyl (C=O) groups excluding carboxylic acids is 1. The van der Waals surface area contributed by atoms with Gasteiger partial charge in [-0.3, -0.25) is 4.79 Å². The highest BCUT2D eigenvalue weighted by atomic mass is 35.5. The summed E-state index contributed by atoms with van der Waals surface area (Å²) in [5.74, 6) is 0.733. The molecule has 0 radical (unpaired) electrons. The molecule has 2 rings (SSSR count). The van der Waals surface area contributed by atoms with Crippen molar-refractivity contribution in [3.8, 4) is 0 Å². The smallest absolute Gasteiger partial charge is 0.249 e. The summed E-state index contributed by atoms with van der Waals surface area (Å²) in [4.78, 5) is 23.6. The third-order valence-electron chi connectivity index (χ3n) is 2.95. The molecule has 1 aromatic heterocycles. The zero-order valence-corrected chi connectivity index (χ0v) is 10.4. The van der Waals surface area contributed by atoms with Gasteiger partial charge >= 0.3 is 0 Å². The molecule has 16 heavy (non-hydrogen) atoms. The quantitative estimate of drug-likeness (QED) is 0.641. The summed E-state index contributed by atoms with van der Waals surface area (Å²) in [6.45, 7) is 3.66. The lowest BCUT2D eigenvalue weighted by Gasteiger charge is -2.37. The van der Waals surface area contributed by atoms with Crippen LogP contribution in [0.5, 0.6) is 0 Å². The minimum Gasteiger partial charge on any atom is -0.346 e. The summed E-state index contributed by atoms with van der Waals surface area (Å²) >= 11 is 5.83. The predicted octanol–water partition coefficient (Wildman–Crippen LogP) is 1.24. The van der Waals surface area contributed by atoms with Gasteiger partial charge in [-0.1, -0.05) is 0 Å². The summed E-state index contributed by atoms with van der Waals surface area (Å²) in [5.41, 5.74) is 1.44. The fraction of sp³-hybridized carbons (Fsp3) is 0.500. The number of rotatable bonds is 0. The third-order valence-corrected chi connectivity index (χ3v) is 3.12. The Morgan fingerprint density at radius 1 is 1.31 bits per heavy atom. The van der Waals surface area contributed by atoms with Crippen molar-refractivity contribution in [3.05, 3.63) is 11.0 Å². The summed E-state index contributed by atoms with van der Waals surface area (Å²) in [6, 6.07) is -0.233. The Bertz CT molecular complexity index is 462. The lowest BCUT2D eigenvalue weighted by molar-refractivity contribution is -0.119. The SMILES string of the molecule is Cc1nc(Cl)nc2c1N(C)C(=O)C(C)N2C. The summed E-state index contributed by atoms with van der Waals surface area (Å²) < 4.78 is 0. The first-order valence-electron chi connectivity index (χ1n) is 4.98. The molecule has 1 unspecified atom stereocenters. The maximum atomic E-state index is 11.9. The van der Waals surface area contributed by atoms with Crippen molar-refractivity contribution in [2.75, 3.05) is 23.9 Å². The van der Waals surface area contributed by atoms with Gasteiger partial charge in [0.1, 0.15) is 11.7 Å². The molecule has 0 saturated heterocycles. The minimum absolute atomic E-state index is 0.0315. The third kappa shape index (κ3) is 1.43. The van der Waals surface area contributed by atoms with Crippen LogP contribution in [0.2, 0.25) is 5.28 Å². The number of amides is 1. The number of hydrogen-bond acceptors (Lipinski definition) is 4. The first-order valence-corrected chi connectivity index (χ1v) is 5.35. The Morgan fingerprint density at radius 3 is 2.56 bits per heavy atom.